The first-order valence-electron chi connectivity index (χ1n) is 6.58. The van der Waals surface area contributed by atoms with Crippen molar-refractivity contribution in [3.05, 3.63) is 12.2 Å². The fourth-order valence-electron chi connectivity index (χ4n) is 2.30. The van der Waals surface area contributed by atoms with Crippen LogP contribution in [-0.2, 0) is 9.47 Å². The largest absolute Gasteiger partial charge is 0.445 e. The minimum atomic E-state index is -0.507. The van der Waals surface area contributed by atoms with Crippen molar-refractivity contribution in [2.45, 2.75) is 58.4 Å². The summed E-state index contributed by atoms with van der Waals surface area (Å²) in [6.45, 7) is 7.11. The predicted molar refractivity (Wildman–Crippen MR) is 68.2 cm³/mol. The second-order valence-corrected chi connectivity index (χ2v) is 5.31. The van der Waals surface area contributed by atoms with E-state index >= 15 is 0 Å². The predicted octanol–water partition coefficient (Wildman–Crippen LogP) is 2.31. The summed E-state index contributed by atoms with van der Waals surface area (Å²) in [7, 11) is 0. The number of hydrogen-bond acceptors (Lipinski definition) is 4. The number of carbonyl (C=O) groups excluding carboxylic acids is 2. The molecular formula is C13H20N2O4. The summed E-state index contributed by atoms with van der Waals surface area (Å²) in [5, 5.41) is 2.71. The van der Waals surface area contributed by atoms with Gasteiger partial charge in [-0.1, -0.05) is 12.2 Å². The summed E-state index contributed by atoms with van der Waals surface area (Å²) in [6.07, 6.45) is 3.09. The minimum absolute atomic E-state index is 0.115. The van der Waals surface area contributed by atoms with Gasteiger partial charge in [0.15, 0.2) is 0 Å². The van der Waals surface area contributed by atoms with Crippen molar-refractivity contribution in [3.8, 4) is 0 Å². The number of hydrogen-bond donors (Lipinski definition) is 0. The fraction of sp³-hybridized carbons (Fsp3) is 0.692. The highest BCUT2D eigenvalue weighted by Gasteiger charge is 2.48. The second kappa shape index (κ2) is 5.11. The maximum atomic E-state index is 12.1. The Morgan fingerprint density at radius 2 is 1.32 bits per heavy atom. The van der Waals surface area contributed by atoms with E-state index in [2.05, 4.69) is 0 Å². The van der Waals surface area contributed by atoms with E-state index in [9.17, 15) is 9.59 Å². The van der Waals surface area contributed by atoms with Gasteiger partial charge < -0.3 is 9.47 Å². The fourth-order valence-corrected chi connectivity index (χ4v) is 2.30. The maximum Gasteiger partial charge on any atom is 0.429 e. The zero-order chi connectivity index (χ0) is 14.2. The number of fused-ring (bicyclic) bond motifs is 2. The summed E-state index contributed by atoms with van der Waals surface area (Å²) in [5.41, 5.74) is 0. The van der Waals surface area contributed by atoms with Crippen LogP contribution >= 0.6 is 0 Å². The van der Waals surface area contributed by atoms with Gasteiger partial charge >= 0.3 is 12.2 Å². The van der Waals surface area contributed by atoms with E-state index in [1.165, 1.54) is 10.0 Å². The van der Waals surface area contributed by atoms with Crippen molar-refractivity contribution < 1.29 is 19.1 Å². The van der Waals surface area contributed by atoms with Crippen molar-refractivity contribution in [1.29, 1.82) is 0 Å². The van der Waals surface area contributed by atoms with Crippen LogP contribution in [0.15, 0.2) is 12.2 Å². The number of ether oxygens (including phenoxy) is 2. The molecular weight excluding hydrogens is 248 g/mol. The van der Waals surface area contributed by atoms with E-state index in [0.29, 0.717) is 6.42 Å². The van der Waals surface area contributed by atoms with E-state index in [1.807, 2.05) is 12.2 Å². The molecule has 6 nitrogen and oxygen atoms in total. The molecule has 0 radical (unpaired) electrons. The zero-order valence-electron chi connectivity index (χ0n) is 11.7. The first kappa shape index (κ1) is 13.7. The number of nitrogens with zero attached hydrogens (tertiary/aromatic N) is 2. The van der Waals surface area contributed by atoms with Crippen molar-refractivity contribution in [1.82, 2.24) is 10.0 Å². The van der Waals surface area contributed by atoms with Gasteiger partial charge in [-0.3, -0.25) is 0 Å². The summed E-state index contributed by atoms with van der Waals surface area (Å²) >= 11 is 0. The first-order chi connectivity index (χ1) is 8.90. The van der Waals surface area contributed by atoms with Gasteiger partial charge in [0, 0.05) is 0 Å². The van der Waals surface area contributed by atoms with Crippen LogP contribution in [0.4, 0.5) is 9.59 Å². The Morgan fingerprint density at radius 3 is 1.63 bits per heavy atom. The van der Waals surface area contributed by atoms with E-state index in [4.69, 9.17) is 9.47 Å². The van der Waals surface area contributed by atoms with Crippen LogP contribution in [0.3, 0.4) is 0 Å². The maximum absolute atomic E-state index is 12.1. The SMILES string of the molecule is CC(C)OC(=O)N1C2C=CC(C2)N1C(=O)OC(C)C. The van der Waals surface area contributed by atoms with Crippen LogP contribution in [-0.4, -0.2) is 46.5 Å². The summed E-state index contributed by atoms with van der Waals surface area (Å²) in [6, 6.07) is -0.230. The van der Waals surface area contributed by atoms with Gasteiger partial charge in [0.2, 0.25) is 0 Å². The molecule has 19 heavy (non-hydrogen) atoms. The number of hydrazine groups is 1. The highest BCUT2D eigenvalue weighted by molar-refractivity contribution is 5.77. The van der Waals surface area contributed by atoms with Gasteiger partial charge in [0.25, 0.3) is 0 Å². The van der Waals surface area contributed by atoms with Gasteiger partial charge in [0.05, 0.1) is 24.3 Å². The Hall–Kier alpha value is -1.72. The van der Waals surface area contributed by atoms with Gasteiger partial charge in [-0.2, -0.15) is 0 Å². The lowest BCUT2D eigenvalue weighted by Gasteiger charge is -2.34. The highest BCUT2D eigenvalue weighted by atomic mass is 16.6. The Bertz CT molecular complexity index is 369. The molecule has 106 valence electrons. The van der Waals surface area contributed by atoms with Crippen LogP contribution in [0.1, 0.15) is 34.1 Å². The quantitative estimate of drug-likeness (QED) is 0.721. The van der Waals surface area contributed by atoms with Gasteiger partial charge in [-0.05, 0) is 34.1 Å². The van der Waals surface area contributed by atoms with Gasteiger partial charge in [-0.25, -0.2) is 19.6 Å². The molecule has 2 unspecified atom stereocenters. The molecule has 2 aliphatic rings. The van der Waals surface area contributed by atoms with Crippen LogP contribution < -0.4 is 0 Å². The lowest BCUT2D eigenvalue weighted by molar-refractivity contribution is -0.0296. The molecule has 1 fully saturated rings. The molecule has 0 aromatic heterocycles. The smallest absolute Gasteiger partial charge is 0.429 e. The van der Waals surface area contributed by atoms with Crippen molar-refractivity contribution in [2.24, 2.45) is 0 Å². The number of carbonyl (C=O) groups is 2. The number of rotatable bonds is 2. The summed E-state index contributed by atoms with van der Waals surface area (Å²) in [5.74, 6) is 0. The number of amides is 2. The van der Waals surface area contributed by atoms with Crippen molar-refractivity contribution >= 4 is 12.2 Å². The summed E-state index contributed by atoms with van der Waals surface area (Å²) < 4.78 is 10.4. The molecule has 2 rings (SSSR count). The Balaban J connectivity index is 2.13. The normalized spacial score (nSPS) is 24.5. The second-order valence-electron chi connectivity index (χ2n) is 5.31. The van der Waals surface area contributed by atoms with Crippen LogP contribution in [0, 0.1) is 0 Å². The summed E-state index contributed by atoms with van der Waals surface area (Å²) in [4.78, 5) is 24.1. The molecule has 0 saturated carbocycles. The third kappa shape index (κ3) is 2.67. The molecule has 1 aliphatic carbocycles. The molecule has 1 aliphatic heterocycles. The van der Waals surface area contributed by atoms with E-state index in [1.54, 1.807) is 27.7 Å². The van der Waals surface area contributed by atoms with E-state index in [0.717, 1.165) is 0 Å². The Kier molecular flexibility index (Phi) is 3.68. The molecule has 1 heterocycles. The average Bonchev–Trinajstić information content (AvgIpc) is 2.85. The molecule has 0 aromatic rings. The highest BCUT2D eigenvalue weighted by Crippen LogP contribution is 2.33. The lowest BCUT2D eigenvalue weighted by atomic mass is 10.2. The Morgan fingerprint density at radius 1 is 0.947 bits per heavy atom. The average molecular weight is 268 g/mol. The van der Waals surface area contributed by atoms with Crippen LogP contribution in [0.2, 0.25) is 0 Å². The van der Waals surface area contributed by atoms with E-state index in [-0.39, 0.29) is 24.3 Å². The van der Waals surface area contributed by atoms with Crippen molar-refractivity contribution in [2.75, 3.05) is 0 Å². The molecule has 0 N–H and O–H groups in total. The zero-order valence-corrected chi connectivity index (χ0v) is 11.7. The lowest BCUT2D eigenvalue weighted by Crippen LogP contribution is -2.52. The third-order valence-corrected chi connectivity index (χ3v) is 2.95. The topological polar surface area (TPSA) is 59.1 Å². The van der Waals surface area contributed by atoms with Crippen LogP contribution in [0.25, 0.3) is 0 Å². The monoisotopic (exact) mass is 268 g/mol. The molecule has 6 heteroatoms. The molecule has 2 atom stereocenters. The molecule has 0 spiro atoms. The first-order valence-corrected chi connectivity index (χ1v) is 6.58. The molecule has 1 saturated heterocycles. The molecule has 2 amide bonds. The Labute approximate surface area is 112 Å². The van der Waals surface area contributed by atoms with Crippen molar-refractivity contribution in [3.63, 3.8) is 0 Å². The van der Waals surface area contributed by atoms with E-state index < -0.39 is 12.2 Å². The van der Waals surface area contributed by atoms with Crippen LogP contribution in [0.5, 0.6) is 0 Å². The van der Waals surface area contributed by atoms with Gasteiger partial charge in [-0.15, -0.1) is 0 Å². The molecule has 2 bridgehead atoms. The van der Waals surface area contributed by atoms with Gasteiger partial charge in [0.1, 0.15) is 0 Å². The molecule has 0 aromatic carbocycles. The standard InChI is InChI=1S/C13H20N2O4/c1-8(2)18-12(16)14-10-5-6-11(7-10)15(14)13(17)19-9(3)4/h5-6,8-11H,7H2,1-4H3. The third-order valence-electron chi connectivity index (χ3n) is 2.95. The minimum Gasteiger partial charge on any atom is -0.445 e.